The number of para-hydroxylation sites is 1. The van der Waals surface area contributed by atoms with Crippen molar-refractivity contribution in [3.05, 3.63) is 36.1 Å². The topological polar surface area (TPSA) is 59.4 Å². The smallest absolute Gasteiger partial charge is 0.249 e. The van der Waals surface area contributed by atoms with Crippen molar-refractivity contribution in [2.45, 2.75) is 12.5 Å². The molecule has 1 aromatic heterocycles. The summed E-state index contributed by atoms with van der Waals surface area (Å²) in [7, 11) is 3.31. The molecule has 0 aliphatic carbocycles. The van der Waals surface area contributed by atoms with Crippen LogP contribution >= 0.6 is 0 Å². The van der Waals surface area contributed by atoms with Gasteiger partial charge in [-0.3, -0.25) is 4.79 Å². The second kappa shape index (κ2) is 5.67. The second-order valence-corrected chi connectivity index (χ2v) is 5.12. The number of anilines is 2. The highest BCUT2D eigenvalue weighted by Gasteiger charge is 2.34. The highest BCUT2D eigenvalue weighted by atomic mass is 19.1. The van der Waals surface area contributed by atoms with E-state index in [1.807, 2.05) is 0 Å². The number of benzene rings is 1. The first-order chi connectivity index (χ1) is 10.6. The number of halogens is 1. The van der Waals surface area contributed by atoms with Crippen LogP contribution in [0.5, 0.6) is 5.88 Å². The lowest BCUT2D eigenvalue weighted by molar-refractivity contribution is -0.117. The molecule has 2 heterocycles. The van der Waals surface area contributed by atoms with Gasteiger partial charge in [0.05, 0.1) is 12.8 Å². The summed E-state index contributed by atoms with van der Waals surface area (Å²) >= 11 is 0. The van der Waals surface area contributed by atoms with Gasteiger partial charge >= 0.3 is 0 Å². The lowest BCUT2D eigenvalue weighted by Crippen LogP contribution is -2.34. The minimum Gasteiger partial charge on any atom is -0.481 e. The Hall–Kier alpha value is -2.57. The van der Waals surface area contributed by atoms with E-state index in [2.05, 4.69) is 10.4 Å². The number of nitrogens with zero attached hydrogens (tertiary/aromatic N) is 3. The Bertz CT molecular complexity index is 701. The maximum Gasteiger partial charge on any atom is 0.249 e. The van der Waals surface area contributed by atoms with E-state index in [4.69, 9.17) is 4.74 Å². The van der Waals surface area contributed by atoms with E-state index in [0.29, 0.717) is 30.4 Å². The Labute approximate surface area is 127 Å². The first-order valence-corrected chi connectivity index (χ1v) is 7.00. The maximum absolute atomic E-state index is 13.8. The average Bonchev–Trinajstić information content (AvgIpc) is 3.04. The summed E-state index contributed by atoms with van der Waals surface area (Å²) in [5, 5.41) is 7.31. The van der Waals surface area contributed by atoms with Gasteiger partial charge in [-0.15, -0.1) is 0 Å². The Morgan fingerprint density at radius 2 is 2.18 bits per heavy atom. The van der Waals surface area contributed by atoms with Crippen molar-refractivity contribution in [2.24, 2.45) is 7.05 Å². The summed E-state index contributed by atoms with van der Waals surface area (Å²) in [5.41, 5.74) is 0.315. The van der Waals surface area contributed by atoms with Gasteiger partial charge in [-0.05, 0) is 18.6 Å². The zero-order valence-electron chi connectivity index (χ0n) is 12.4. The third kappa shape index (κ3) is 2.49. The Morgan fingerprint density at radius 3 is 2.86 bits per heavy atom. The van der Waals surface area contributed by atoms with Crippen LogP contribution in [0.3, 0.4) is 0 Å². The number of rotatable bonds is 4. The van der Waals surface area contributed by atoms with E-state index in [1.165, 1.54) is 11.0 Å². The molecule has 0 bridgehead atoms. The van der Waals surface area contributed by atoms with Crippen LogP contribution in [0.4, 0.5) is 15.9 Å². The molecule has 1 atom stereocenters. The number of aryl methyl sites for hydroxylation is 1. The molecule has 1 unspecified atom stereocenters. The van der Waals surface area contributed by atoms with E-state index < -0.39 is 11.9 Å². The predicted molar refractivity (Wildman–Crippen MR) is 80.5 cm³/mol. The Kier molecular flexibility index (Phi) is 3.70. The fraction of sp³-hybridized carbons (Fsp3) is 0.333. The number of ether oxygens (including phenoxy) is 1. The molecule has 1 aliphatic rings. The van der Waals surface area contributed by atoms with Crippen LogP contribution in [0.1, 0.15) is 6.42 Å². The van der Waals surface area contributed by atoms with E-state index in [1.54, 1.807) is 43.1 Å². The molecule has 0 spiro atoms. The number of carbonyl (C=O) groups excluding carboxylic acids is 1. The average molecular weight is 304 g/mol. The maximum atomic E-state index is 13.8. The van der Waals surface area contributed by atoms with E-state index >= 15 is 0 Å². The number of nitrogens with one attached hydrogen (secondary N) is 1. The highest BCUT2D eigenvalue weighted by molar-refractivity contribution is 6.01. The summed E-state index contributed by atoms with van der Waals surface area (Å²) in [6.07, 6.45) is 0.589. The fourth-order valence-electron chi connectivity index (χ4n) is 2.61. The molecule has 1 saturated heterocycles. The molecule has 1 N–H and O–H groups in total. The number of carbonyl (C=O) groups is 1. The number of amides is 1. The zero-order valence-corrected chi connectivity index (χ0v) is 12.4. The quantitative estimate of drug-likeness (QED) is 0.935. The summed E-state index contributed by atoms with van der Waals surface area (Å²) in [6, 6.07) is 7.59. The predicted octanol–water partition coefficient (Wildman–Crippen LogP) is 1.79. The summed E-state index contributed by atoms with van der Waals surface area (Å²) in [6.45, 7) is 0.474. The van der Waals surface area contributed by atoms with E-state index in [9.17, 15) is 9.18 Å². The molecule has 3 rings (SSSR count). The summed E-state index contributed by atoms with van der Waals surface area (Å²) < 4.78 is 20.5. The molecule has 22 heavy (non-hydrogen) atoms. The van der Waals surface area contributed by atoms with Crippen LogP contribution < -0.4 is 15.0 Å². The molecule has 6 nitrogen and oxygen atoms in total. The van der Waals surface area contributed by atoms with Gasteiger partial charge in [-0.2, -0.15) is 5.10 Å². The van der Waals surface area contributed by atoms with Crippen LogP contribution in [0.25, 0.3) is 0 Å². The fourth-order valence-corrected chi connectivity index (χ4v) is 2.61. The van der Waals surface area contributed by atoms with Crippen LogP contribution in [0.2, 0.25) is 0 Å². The molecule has 1 aliphatic heterocycles. The SMILES string of the molecule is COc1cc(NC2CCN(c3ccccc3F)C2=O)nn1C. The standard InChI is InChI=1S/C15H17FN4O2/c1-19-14(22-2)9-13(18-19)17-11-7-8-20(15(11)21)12-6-4-3-5-10(12)16/h3-6,9,11H,7-8H2,1-2H3,(H,17,18). The van der Waals surface area contributed by atoms with Crippen molar-refractivity contribution < 1.29 is 13.9 Å². The third-order valence-corrected chi connectivity index (χ3v) is 3.72. The molecular formula is C15H17FN4O2. The Balaban J connectivity index is 1.75. The normalized spacial score (nSPS) is 17.9. The molecule has 2 aromatic rings. The first-order valence-electron chi connectivity index (χ1n) is 7.00. The molecular weight excluding hydrogens is 287 g/mol. The minimum absolute atomic E-state index is 0.158. The van der Waals surface area contributed by atoms with E-state index in [0.717, 1.165) is 0 Å². The van der Waals surface area contributed by atoms with Crippen molar-refractivity contribution in [3.8, 4) is 5.88 Å². The zero-order chi connectivity index (χ0) is 15.7. The molecule has 7 heteroatoms. The van der Waals surface area contributed by atoms with Crippen molar-refractivity contribution in [2.75, 3.05) is 23.9 Å². The number of hydrogen-bond acceptors (Lipinski definition) is 4. The molecule has 0 saturated carbocycles. The van der Waals surface area contributed by atoms with Gasteiger partial charge in [-0.25, -0.2) is 9.07 Å². The van der Waals surface area contributed by atoms with Crippen LogP contribution in [0, 0.1) is 5.82 Å². The highest BCUT2D eigenvalue weighted by Crippen LogP contribution is 2.26. The molecule has 1 fully saturated rings. The van der Waals surface area contributed by atoms with Crippen LogP contribution in [-0.2, 0) is 11.8 Å². The van der Waals surface area contributed by atoms with Crippen molar-refractivity contribution in [1.82, 2.24) is 9.78 Å². The number of aromatic nitrogens is 2. The summed E-state index contributed by atoms with van der Waals surface area (Å²) in [5.74, 6) is 0.609. The minimum atomic E-state index is -0.417. The summed E-state index contributed by atoms with van der Waals surface area (Å²) in [4.78, 5) is 13.9. The largest absolute Gasteiger partial charge is 0.481 e. The second-order valence-electron chi connectivity index (χ2n) is 5.12. The lowest BCUT2D eigenvalue weighted by Gasteiger charge is -2.17. The molecule has 1 aromatic carbocycles. The van der Waals surface area contributed by atoms with Gasteiger partial charge < -0.3 is 15.0 Å². The monoisotopic (exact) mass is 304 g/mol. The lowest BCUT2D eigenvalue weighted by atomic mass is 10.2. The van der Waals surface area contributed by atoms with Gasteiger partial charge in [0.15, 0.2) is 5.82 Å². The van der Waals surface area contributed by atoms with E-state index in [-0.39, 0.29) is 5.91 Å². The van der Waals surface area contributed by atoms with Crippen molar-refractivity contribution in [1.29, 1.82) is 0 Å². The van der Waals surface area contributed by atoms with Crippen molar-refractivity contribution in [3.63, 3.8) is 0 Å². The number of methoxy groups -OCH3 is 1. The third-order valence-electron chi connectivity index (χ3n) is 3.72. The van der Waals surface area contributed by atoms with Gasteiger partial charge in [-0.1, -0.05) is 12.1 Å². The molecule has 1 amide bonds. The first kappa shape index (κ1) is 14.4. The van der Waals surface area contributed by atoms with Gasteiger partial charge in [0.25, 0.3) is 0 Å². The Morgan fingerprint density at radius 1 is 1.41 bits per heavy atom. The van der Waals surface area contributed by atoms with Crippen LogP contribution in [0.15, 0.2) is 30.3 Å². The van der Waals surface area contributed by atoms with Crippen LogP contribution in [-0.4, -0.2) is 35.4 Å². The van der Waals surface area contributed by atoms with Gasteiger partial charge in [0.2, 0.25) is 11.8 Å². The molecule has 116 valence electrons. The molecule has 0 radical (unpaired) electrons. The van der Waals surface area contributed by atoms with Gasteiger partial charge in [0, 0.05) is 19.7 Å². The number of hydrogen-bond donors (Lipinski definition) is 1. The van der Waals surface area contributed by atoms with Crippen molar-refractivity contribution >= 4 is 17.4 Å². The van der Waals surface area contributed by atoms with Gasteiger partial charge in [0.1, 0.15) is 11.9 Å².